The van der Waals surface area contributed by atoms with Crippen LogP contribution in [0.25, 0.3) is 0 Å². The van der Waals surface area contributed by atoms with E-state index in [1.165, 1.54) is 0 Å². The molecular weight excluding hydrogens is 320 g/mol. The smallest absolute Gasteiger partial charge is 0.272 e. The fraction of sp³-hybridized carbons (Fsp3) is 0.500. The predicted octanol–water partition coefficient (Wildman–Crippen LogP) is 1.66. The SMILES string of the molecule is Cn1nccc1C(=O)N1CCC2(CC1)C[C@@H](Oc1ccccn1)CO2. The highest BCUT2D eigenvalue weighted by Crippen LogP contribution is 2.37. The minimum absolute atomic E-state index is 0.0224. The third-order valence-electron chi connectivity index (χ3n) is 5.10. The van der Waals surface area contributed by atoms with Gasteiger partial charge in [-0.15, -0.1) is 0 Å². The van der Waals surface area contributed by atoms with Gasteiger partial charge in [0.25, 0.3) is 5.91 Å². The Morgan fingerprint density at radius 1 is 1.28 bits per heavy atom. The number of carbonyl (C=O) groups excluding carboxylic acids is 1. The highest BCUT2D eigenvalue weighted by molar-refractivity contribution is 5.92. The number of aryl methyl sites for hydroxylation is 1. The number of ether oxygens (including phenoxy) is 2. The number of hydrogen-bond acceptors (Lipinski definition) is 5. The van der Waals surface area contributed by atoms with Gasteiger partial charge in [-0.1, -0.05) is 6.07 Å². The molecule has 0 aliphatic carbocycles. The molecule has 7 heteroatoms. The Balaban J connectivity index is 1.34. The molecule has 2 aliphatic rings. The first-order valence-corrected chi connectivity index (χ1v) is 8.64. The number of aromatic nitrogens is 3. The largest absolute Gasteiger partial charge is 0.472 e. The Morgan fingerprint density at radius 2 is 2.12 bits per heavy atom. The monoisotopic (exact) mass is 342 g/mol. The van der Waals surface area contributed by atoms with E-state index in [-0.39, 0.29) is 17.6 Å². The molecule has 0 aromatic carbocycles. The Bertz CT molecular complexity index is 738. The molecule has 7 nitrogen and oxygen atoms in total. The van der Waals surface area contributed by atoms with E-state index in [2.05, 4.69) is 10.1 Å². The van der Waals surface area contributed by atoms with Gasteiger partial charge in [0.1, 0.15) is 11.8 Å². The second-order valence-corrected chi connectivity index (χ2v) is 6.74. The van der Waals surface area contributed by atoms with Crippen LogP contribution in [-0.2, 0) is 11.8 Å². The van der Waals surface area contributed by atoms with Gasteiger partial charge in [0.15, 0.2) is 0 Å². The molecule has 2 saturated heterocycles. The molecule has 25 heavy (non-hydrogen) atoms. The lowest BCUT2D eigenvalue weighted by Crippen LogP contribution is -2.47. The summed E-state index contributed by atoms with van der Waals surface area (Å²) in [6.45, 7) is 1.97. The van der Waals surface area contributed by atoms with Crippen LogP contribution in [0.4, 0.5) is 0 Å². The molecule has 1 atom stereocenters. The van der Waals surface area contributed by atoms with Gasteiger partial charge in [0.2, 0.25) is 5.88 Å². The highest BCUT2D eigenvalue weighted by atomic mass is 16.6. The summed E-state index contributed by atoms with van der Waals surface area (Å²) < 4.78 is 13.6. The standard InChI is InChI=1S/C18H22N4O3/c1-21-15(5-9-20-21)17(23)22-10-6-18(7-11-22)12-14(13-24-18)25-16-4-2-3-8-19-16/h2-5,8-9,14H,6-7,10-13H2,1H3/t14-/m1/s1. The maximum atomic E-state index is 12.6. The molecule has 0 saturated carbocycles. The molecule has 1 spiro atoms. The van der Waals surface area contributed by atoms with Crippen LogP contribution in [0.15, 0.2) is 36.7 Å². The quantitative estimate of drug-likeness (QED) is 0.848. The van der Waals surface area contributed by atoms with E-state index in [0.29, 0.717) is 31.3 Å². The molecule has 2 aromatic rings. The van der Waals surface area contributed by atoms with Crippen molar-refractivity contribution < 1.29 is 14.3 Å². The van der Waals surface area contributed by atoms with Crippen LogP contribution in [0.1, 0.15) is 29.8 Å². The van der Waals surface area contributed by atoms with E-state index < -0.39 is 0 Å². The van der Waals surface area contributed by atoms with Crippen LogP contribution in [0.5, 0.6) is 5.88 Å². The normalized spacial score (nSPS) is 22.3. The maximum Gasteiger partial charge on any atom is 0.272 e. The van der Waals surface area contributed by atoms with Crippen molar-refractivity contribution in [3.8, 4) is 5.88 Å². The van der Waals surface area contributed by atoms with Crippen LogP contribution in [0.2, 0.25) is 0 Å². The second kappa shape index (κ2) is 6.48. The summed E-state index contributed by atoms with van der Waals surface area (Å²) in [5, 5.41) is 4.08. The zero-order valence-electron chi connectivity index (χ0n) is 14.3. The number of hydrogen-bond donors (Lipinski definition) is 0. The first-order chi connectivity index (χ1) is 12.2. The molecule has 4 rings (SSSR count). The topological polar surface area (TPSA) is 69.5 Å². The zero-order chi connectivity index (χ0) is 17.3. The average Bonchev–Trinajstić information content (AvgIpc) is 3.23. The van der Waals surface area contributed by atoms with Crippen molar-refractivity contribution in [2.24, 2.45) is 7.05 Å². The fourth-order valence-corrected chi connectivity index (χ4v) is 3.68. The van der Waals surface area contributed by atoms with Gasteiger partial charge in [-0.2, -0.15) is 5.10 Å². The molecule has 2 fully saturated rings. The van der Waals surface area contributed by atoms with Gasteiger partial charge >= 0.3 is 0 Å². The van der Waals surface area contributed by atoms with Gasteiger partial charge < -0.3 is 14.4 Å². The van der Waals surface area contributed by atoms with Crippen LogP contribution in [-0.4, -0.2) is 57.0 Å². The van der Waals surface area contributed by atoms with E-state index in [1.54, 1.807) is 30.2 Å². The summed E-state index contributed by atoms with van der Waals surface area (Å²) >= 11 is 0. The summed E-state index contributed by atoms with van der Waals surface area (Å²) in [5.74, 6) is 0.672. The van der Waals surface area contributed by atoms with Crippen molar-refractivity contribution in [3.63, 3.8) is 0 Å². The van der Waals surface area contributed by atoms with Crippen molar-refractivity contribution in [1.82, 2.24) is 19.7 Å². The van der Waals surface area contributed by atoms with Crippen LogP contribution >= 0.6 is 0 Å². The van der Waals surface area contributed by atoms with Gasteiger partial charge in [0, 0.05) is 45.0 Å². The lowest BCUT2D eigenvalue weighted by Gasteiger charge is -2.38. The molecule has 0 unspecified atom stereocenters. The Morgan fingerprint density at radius 3 is 2.80 bits per heavy atom. The predicted molar refractivity (Wildman–Crippen MR) is 90.3 cm³/mol. The minimum atomic E-state index is -0.178. The van der Waals surface area contributed by atoms with E-state index in [0.717, 1.165) is 19.3 Å². The summed E-state index contributed by atoms with van der Waals surface area (Å²) in [5.41, 5.74) is 0.447. The fourth-order valence-electron chi connectivity index (χ4n) is 3.68. The minimum Gasteiger partial charge on any atom is -0.472 e. The lowest BCUT2D eigenvalue weighted by molar-refractivity contribution is -0.0397. The first-order valence-electron chi connectivity index (χ1n) is 8.64. The highest BCUT2D eigenvalue weighted by Gasteiger charge is 2.44. The van der Waals surface area contributed by atoms with Crippen molar-refractivity contribution in [2.45, 2.75) is 31.0 Å². The molecule has 4 heterocycles. The molecular formula is C18H22N4O3. The molecule has 2 aromatic heterocycles. The summed E-state index contributed by atoms with van der Waals surface area (Å²) in [6, 6.07) is 7.40. The van der Waals surface area contributed by atoms with Gasteiger partial charge in [-0.05, 0) is 25.0 Å². The molecule has 1 amide bonds. The molecule has 2 aliphatic heterocycles. The third-order valence-corrected chi connectivity index (χ3v) is 5.10. The number of piperidine rings is 1. The van der Waals surface area contributed by atoms with Crippen LogP contribution in [0, 0.1) is 0 Å². The first kappa shape index (κ1) is 16.1. The molecule has 0 N–H and O–H groups in total. The van der Waals surface area contributed by atoms with Gasteiger partial charge in [-0.25, -0.2) is 4.98 Å². The Kier molecular flexibility index (Phi) is 4.17. The van der Waals surface area contributed by atoms with E-state index >= 15 is 0 Å². The number of amides is 1. The van der Waals surface area contributed by atoms with Crippen molar-refractivity contribution in [1.29, 1.82) is 0 Å². The molecule has 132 valence electrons. The van der Waals surface area contributed by atoms with E-state index in [4.69, 9.17) is 9.47 Å². The van der Waals surface area contributed by atoms with E-state index in [9.17, 15) is 4.79 Å². The summed E-state index contributed by atoms with van der Waals surface area (Å²) in [6.07, 6.45) is 5.91. The van der Waals surface area contributed by atoms with Crippen molar-refractivity contribution >= 4 is 5.91 Å². The molecule has 0 radical (unpaired) electrons. The number of carbonyl (C=O) groups is 1. The van der Waals surface area contributed by atoms with Crippen LogP contribution in [0.3, 0.4) is 0 Å². The summed E-state index contributed by atoms with van der Waals surface area (Å²) in [7, 11) is 1.79. The van der Waals surface area contributed by atoms with Crippen molar-refractivity contribution in [2.75, 3.05) is 19.7 Å². The lowest BCUT2D eigenvalue weighted by atomic mass is 9.88. The summed E-state index contributed by atoms with van der Waals surface area (Å²) in [4.78, 5) is 18.7. The second-order valence-electron chi connectivity index (χ2n) is 6.74. The number of nitrogens with zero attached hydrogens (tertiary/aromatic N) is 4. The van der Waals surface area contributed by atoms with Gasteiger partial charge in [0.05, 0.1) is 12.2 Å². The average molecular weight is 342 g/mol. The maximum absolute atomic E-state index is 12.6. The van der Waals surface area contributed by atoms with Gasteiger partial charge in [-0.3, -0.25) is 9.48 Å². The molecule has 0 bridgehead atoms. The number of pyridine rings is 1. The third kappa shape index (κ3) is 3.24. The van der Waals surface area contributed by atoms with Crippen molar-refractivity contribution in [3.05, 3.63) is 42.4 Å². The van der Waals surface area contributed by atoms with E-state index in [1.807, 2.05) is 23.1 Å². The number of rotatable bonds is 3. The zero-order valence-corrected chi connectivity index (χ0v) is 14.3. The van der Waals surface area contributed by atoms with Crippen LogP contribution < -0.4 is 4.74 Å². The Hall–Kier alpha value is -2.41. The number of likely N-dealkylation sites (tertiary alicyclic amines) is 1. The Labute approximate surface area is 146 Å².